The lowest BCUT2D eigenvalue weighted by atomic mass is 10.2. The molecule has 0 N–H and O–H groups in total. The SMILES string of the molecule is Cc1ccc2c(ccn2-c2ccsc2)c1. The van der Waals surface area contributed by atoms with E-state index in [1.807, 2.05) is 0 Å². The number of aromatic nitrogens is 1. The molecule has 0 unspecified atom stereocenters. The molecule has 0 bridgehead atoms. The molecule has 1 aromatic carbocycles. The summed E-state index contributed by atoms with van der Waals surface area (Å²) < 4.78 is 2.23. The van der Waals surface area contributed by atoms with E-state index in [1.54, 1.807) is 11.3 Å². The van der Waals surface area contributed by atoms with Gasteiger partial charge < -0.3 is 4.57 Å². The third-order valence-corrected chi connectivity index (χ3v) is 3.30. The zero-order chi connectivity index (χ0) is 10.3. The van der Waals surface area contributed by atoms with Gasteiger partial charge in [0.1, 0.15) is 0 Å². The molecule has 74 valence electrons. The molecule has 0 aliphatic carbocycles. The zero-order valence-corrected chi connectivity index (χ0v) is 9.29. The van der Waals surface area contributed by atoms with Crippen LogP contribution in [0.5, 0.6) is 0 Å². The summed E-state index contributed by atoms with van der Waals surface area (Å²) in [6, 6.07) is 10.9. The average molecular weight is 213 g/mol. The molecule has 2 aromatic heterocycles. The maximum absolute atomic E-state index is 2.23. The summed E-state index contributed by atoms with van der Waals surface area (Å²) in [5.74, 6) is 0. The van der Waals surface area contributed by atoms with Gasteiger partial charge in [0.15, 0.2) is 0 Å². The maximum atomic E-state index is 2.23. The maximum Gasteiger partial charge on any atom is 0.0562 e. The summed E-state index contributed by atoms with van der Waals surface area (Å²) in [4.78, 5) is 0. The minimum Gasteiger partial charge on any atom is -0.316 e. The van der Waals surface area contributed by atoms with Gasteiger partial charge >= 0.3 is 0 Å². The molecule has 0 aliphatic heterocycles. The molecule has 15 heavy (non-hydrogen) atoms. The second-order valence-electron chi connectivity index (χ2n) is 3.73. The van der Waals surface area contributed by atoms with Gasteiger partial charge in [-0.15, -0.1) is 0 Å². The van der Waals surface area contributed by atoms with Crippen LogP contribution in [0.3, 0.4) is 0 Å². The molecule has 3 rings (SSSR count). The molecular formula is C13H11NS. The van der Waals surface area contributed by atoms with Crippen molar-refractivity contribution in [3.8, 4) is 5.69 Å². The number of rotatable bonds is 1. The van der Waals surface area contributed by atoms with Crippen LogP contribution < -0.4 is 0 Å². The summed E-state index contributed by atoms with van der Waals surface area (Å²) >= 11 is 1.73. The highest BCUT2D eigenvalue weighted by atomic mass is 32.1. The number of hydrogen-bond acceptors (Lipinski definition) is 1. The minimum atomic E-state index is 1.25. The second-order valence-corrected chi connectivity index (χ2v) is 4.51. The number of thiophene rings is 1. The smallest absolute Gasteiger partial charge is 0.0562 e. The monoisotopic (exact) mass is 213 g/mol. The number of aryl methyl sites for hydroxylation is 1. The first-order valence-corrected chi connectivity index (χ1v) is 5.89. The number of hydrogen-bond donors (Lipinski definition) is 0. The van der Waals surface area contributed by atoms with Crippen LogP contribution in [-0.2, 0) is 0 Å². The van der Waals surface area contributed by atoms with Crippen molar-refractivity contribution in [3.63, 3.8) is 0 Å². The Morgan fingerprint density at radius 1 is 1.13 bits per heavy atom. The van der Waals surface area contributed by atoms with Crippen molar-refractivity contribution < 1.29 is 0 Å². The van der Waals surface area contributed by atoms with E-state index in [9.17, 15) is 0 Å². The predicted molar refractivity (Wildman–Crippen MR) is 65.9 cm³/mol. The Balaban J connectivity index is 2.29. The lowest BCUT2D eigenvalue weighted by Gasteiger charge is -2.01. The largest absolute Gasteiger partial charge is 0.316 e. The van der Waals surface area contributed by atoms with E-state index in [2.05, 4.69) is 58.8 Å². The van der Waals surface area contributed by atoms with Crippen LogP contribution in [0.4, 0.5) is 0 Å². The molecule has 0 spiro atoms. The third-order valence-electron chi connectivity index (χ3n) is 2.63. The molecule has 0 aliphatic rings. The highest BCUT2D eigenvalue weighted by Gasteiger charge is 2.02. The Bertz CT molecular complexity index is 590. The standard InChI is InChI=1S/C13H11NS/c1-10-2-3-13-11(8-10)4-6-14(13)12-5-7-15-9-12/h2-9H,1H3. The Morgan fingerprint density at radius 3 is 2.87 bits per heavy atom. The van der Waals surface area contributed by atoms with Crippen molar-refractivity contribution in [2.75, 3.05) is 0 Å². The molecule has 2 heterocycles. The summed E-state index contributed by atoms with van der Waals surface area (Å²) in [6.07, 6.45) is 2.13. The number of fused-ring (bicyclic) bond motifs is 1. The van der Waals surface area contributed by atoms with Gasteiger partial charge in [-0.2, -0.15) is 11.3 Å². The molecule has 0 amide bonds. The van der Waals surface area contributed by atoms with E-state index >= 15 is 0 Å². The van der Waals surface area contributed by atoms with Crippen molar-refractivity contribution in [2.24, 2.45) is 0 Å². The van der Waals surface area contributed by atoms with Gasteiger partial charge in [-0.3, -0.25) is 0 Å². The topological polar surface area (TPSA) is 4.93 Å². The summed E-state index contributed by atoms with van der Waals surface area (Å²) in [5.41, 5.74) is 3.84. The van der Waals surface area contributed by atoms with E-state index < -0.39 is 0 Å². The first kappa shape index (κ1) is 8.74. The number of benzene rings is 1. The molecule has 2 heteroatoms. The molecular weight excluding hydrogens is 202 g/mol. The van der Waals surface area contributed by atoms with E-state index in [4.69, 9.17) is 0 Å². The van der Waals surface area contributed by atoms with Gasteiger partial charge in [0.25, 0.3) is 0 Å². The molecule has 0 saturated heterocycles. The van der Waals surface area contributed by atoms with Crippen LogP contribution in [-0.4, -0.2) is 4.57 Å². The Hall–Kier alpha value is -1.54. The van der Waals surface area contributed by atoms with Crippen LogP contribution in [0.25, 0.3) is 16.6 Å². The Labute approximate surface area is 92.6 Å². The molecule has 0 radical (unpaired) electrons. The zero-order valence-electron chi connectivity index (χ0n) is 8.47. The van der Waals surface area contributed by atoms with Gasteiger partial charge in [0, 0.05) is 17.0 Å². The van der Waals surface area contributed by atoms with Crippen molar-refractivity contribution in [1.29, 1.82) is 0 Å². The van der Waals surface area contributed by atoms with Crippen molar-refractivity contribution in [1.82, 2.24) is 4.57 Å². The second kappa shape index (κ2) is 3.24. The third kappa shape index (κ3) is 1.38. The average Bonchev–Trinajstić information content (AvgIpc) is 2.82. The highest BCUT2D eigenvalue weighted by Crippen LogP contribution is 2.22. The Kier molecular flexibility index (Phi) is 1.89. The highest BCUT2D eigenvalue weighted by molar-refractivity contribution is 7.08. The van der Waals surface area contributed by atoms with Gasteiger partial charge in [-0.05, 0) is 36.6 Å². The van der Waals surface area contributed by atoms with Crippen molar-refractivity contribution in [2.45, 2.75) is 6.92 Å². The van der Waals surface area contributed by atoms with Crippen LogP contribution in [0, 0.1) is 6.92 Å². The molecule has 0 saturated carbocycles. The number of nitrogens with zero attached hydrogens (tertiary/aromatic N) is 1. The normalized spacial score (nSPS) is 11.0. The summed E-state index contributed by atoms with van der Waals surface area (Å²) in [7, 11) is 0. The van der Waals surface area contributed by atoms with Gasteiger partial charge in [-0.1, -0.05) is 11.6 Å². The Morgan fingerprint density at radius 2 is 2.07 bits per heavy atom. The van der Waals surface area contributed by atoms with Crippen LogP contribution in [0.1, 0.15) is 5.56 Å². The first-order chi connectivity index (χ1) is 7.34. The van der Waals surface area contributed by atoms with E-state index in [1.165, 1.54) is 22.2 Å². The van der Waals surface area contributed by atoms with Crippen LogP contribution >= 0.6 is 11.3 Å². The van der Waals surface area contributed by atoms with E-state index in [0.717, 1.165) is 0 Å². The molecule has 0 fully saturated rings. The van der Waals surface area contributed by atoms with Crippen LogP contribution in [0.2, 0.25) is 0 Å². The lowest BCUT2D eigenvalue weighted by Crippen LogP contribution is -1.88. The molecule has 0 atom stereocenters. The summed E-state index contributed by atoms with van der Waals surface area (Å²) in [6.45, 7) is 2.13. The van der Waals surface area contributed by atoms with E-state index in [-0.39, 0.29) is 0 Å². The molecule has 1 nitrogen and oxygen atoms in total. The van der Waals surface area contributed by atoms with Gasteiger partial charge in [0.05, 0.1) is 11.2 Å². The fourth-order valence-corrected chi connectivity index (χ4v) is 2.51. The molecule has 3 aromatic rings. The quantitative estimate of drug-likeness (QED) is 0.575. The van der Waals surface area contributed by atoms with Crippen LogP contribution in [0.15, 0.2) is 47.3 Å². The fraction of sp³-hybridized carbons (Fsp3) is 0.0769. The van der Waals surface area contributed by atoms with Gasteiger partial charge in [-0.25, -0.2) is 0 Å². The minimum absolute atomic E-state index is 1.25. The fourth-order valence-electron chi connectivity index (χ4n) is 1.88. The lowest BCUT2D eigenvalue weighted by molar-refractivity contribution is 1.14. The van der Waals surface area contributed by atoms with Crippen molar-refractivity contribution in [3.05, 3.63) is 52.9 Å². The first-order valence-electron chi connectivity index (χ1n) is 4.95. The van der Waals surface area contributed by atoms with E-state index in [0.29, 0.717) is 0 Å². The van der Waals surface area contributed by atoms with Crippen molar-refractivity contribution >= 4 is 22.2 Å². The van der Waals surface area contributed by atoms with Gasteiger partial charge in [0.2, 0.25) is 0 Å². The summed E-state index contributed by atoms with van der Waals surface area (Å²) in [5, 5.41) is 5.58. The predicted octanol–water partition coefficient (Wildman–Crippen LogP) is 4.00.